The first kappa shape index (κ1) is 101. The summed E-state index contributed by atoms with van der Waals surface area (Å²) in [5.41, 5.74) is -0.378. The number of aliphatic hydroxyl groups is 1. The molecule has 8 aliphatic heterocycles. The quantitative estimate of drug-likeness (QED) is 0.0888. The number of nitrogens with zero attached hydrogens (tertiary/aromatic N) is 12. The lowest BCUT2D eigenvalue weighted by molar-refractivity contribution is -0.145. The van der Waals surface area contributed by atoms with Gasteiger partial charge in [0, 0.05) is 148 Å². The van der Waals surface area contributed by atoms with E-state index in [2.05, 4.69) is 37.3 Å². The van der Waals surface area contributed by atoms with Crippen LogP contribution in [0.15, 0.2) is 126 Å². The number of benzene rings is 4. The summed E-state index contributed by atoms with van der Waals surface area (Å²) in [6, 6.07) is 30.2. The standard InChI is InChI=1S/C26H31F4N3O3.C24H29F4N3O2.C23H25ClF3N3O3.C23H30ClN3O3S/c1-23(2)15-31(5)25(20-9-8-19(33(20)23)21(34)26(28,29)30)10-12-32(13-11-25)22(35)16-6-7-17(18(27)14-16)24(3,4)36;1-15(2)33-17-5-6-18(19(25)13-17)22(32)30-11-9-23(10-12-30)20-7-8-21(24(26,27)28)31(20)14-16(3)29(23)4;1-14-13-28(2)22(19-7-5-17(30(14)19)20(31)23(25,26)27)8-10-29(11-9-22)21(32)15-4-6-18(33-3)16(24)12-15;1-16(2)31(29,30)19-6-5-18(15-17(19)3)22(28)26-11-9-23(10-12-26)20-7-8-21(24)27(20)14-13-25(23)4/h6-9,14,36H,10-13,15H2,1-5H3;5-8,13,15-16H,9-12,14H2,1-4H3;4-7,12,14H,8-11,13H2,1-3H3;5-8,15-16H,9-14H2,1-4H3/t;16-;;/m.1../s1. The second kappa shape index (κ2) is 37.5. The predicted molar refractivity (Wildman–Crippen MR) is 480 cm³/mol. The average Bonchev–Trinajstić information content (AvgIpc) is 1.61. The molecule has 133 heavy (non-hydrogen) atoms. The Balaban J connectivity index is 0.000000151. The molecule has 8 aliphatic rings. The summed E-state index contributed by atoms with van der Waals surface area (Å²) in [6.45, 7) is 25.4. The number of ether oxygens (including phenoxy) is 2. The molecule has 0 bridgehead atoms. The lowest BCUT2D eigenvalue weighted by atomic mass is 9.78. The van der Waals surface area contributed by atoms with Gasteiger partial charge < -0.3 is 52.4 Å². The third-order valence-corrected chi connectivity index (χ3v) is 31.3. The van der Waals surface area contributed by atoms with Crippen molar-refractivity contribution in [3.8, 4) is 11.5 Å². The van der Waals surface area contributed by atoms with Crippen molar-refractivity contribution in [3.05, 3.63) is 216 Å². The molecule has 2 atom stereocenters. The maximum atomic E-state index is 14.6. The van der Waals surface area contributed by atoms with E-state index >= 15 is 0 Å². The molecule has 23 nitrogen and oxygen atoms in total. The zero-order valence-electron chi connectivity index (χ0n) is 77.4. The number of rotatable bonds is 12. The van der Waals surface area contributed by atoms with Gasteiger partial charge >= 0.3 is 18.5 Å². The van der Waals surface area contributed by atoms with Crippen LogP contribution in [0.5, 0.6) is 11.5 Å². The van der Waals surface area contributed by atoms with E-state index in [1.165, 1.54) is 76.8 Å². The molecule has 4 saturated heterocycles. The Morgan fingerprint density at radius 1 is 0.504 bits per heavy atom. The van der Waals surface area contributed by atoms with Crippen LogP contribution in [0, 0.1) is 18.6 Å². The lowest BCUT2D eigenvalue weighted by Gasteiger charge is -2.55. The van der Waals surface area contributed by atoms with Crippen molar-refractivity contribution in [2.45, 2.75) is 221 Å². The minimum absolute atomic E-state index is 0.0323. The number of carbonyl (C=O) groups is 6. The molecule has 4 fully saturated rings. The molecule has 1 N–H and O–H groups in total. The van der Waals surface area contributed by atoms with Gasteiger partial charge in [-0.15, -0.1) is 0 Å². The summed E-state index contributed by atoms with van der Waals surface area (Å²) < 4.78 is 192. The van der Waals surface area contributed by atoms with Gasteiger partial charge in [0.2, 0.25) is 0 Å². The fraction of sp³-hybridized carbons (Fsp3) is 0.521. The normalized spacial score (nSPS) is 20.1. The first-order valence-electron chi connectivity index (χ1n) is 44.5. The van der Waals surface area contributed by atoms with Crippen LogP contribution in [0.3, 0.4) is 0 Å². The van der Waals surface area contributed by atoms with Gasteiger partial charge in [-0.05, 0) is 270 Å². The Morgan fingerprint density at radius 2 is 0.977 bits per heavy atom. The molecule has 4 aromatic carbocycles. The molecule has 0 aliphatic carbocycles. The number of amides is 4. The summed E-state index contributed by atoms with van der Waals surface area (Å²) in [7, 11) is 6.06. The number of alkyl halides is 9. The highest BCUT2D eigenvalue weighted by atomic mass is 35.5. The van der Waals surface area contributed by atoms with Crippen molar-refractivity contribution in [2.75, 3.05) is 107 Å². The van der Waals surface area contributed by atoms with Crippen molar-refractivity contribution in [1.82, 2.24) is 57.5 Å². The molecule has 16 rings (SSSR count). The van der Waals surface area contributed by atoms with E-state index in [-0.39, 0.29) is 76.1 Å². The summed E-state index contributed by atoms with van der Waals surface area (Å²) >= 11 is 12.5. The van der Waals surface area contributed by atoms with E-state index in [0.717, 1.165) is 43.2 Å². The summed E-state index contributed by atoms with van der Waals surface area (Å²) in [5, 5.41) is 10.7. The maximum Gasteiger partial charge on any atom is 0.456 e. The van der Waals surface area contributed by atoms with Crippen molar-refractivity contribution >= 4 is 68.2 Å². The first-order chi connectivity index (χ1) is 62.0. The Hall–Kier alpha value is -9.62. The number of sulfone groups is 1. The second-order valence-corrected chi connectivity index (χ2v) is 41.3. The highest BCUT2D eigenvalue weighted by molar-refractivity contribution is 7.92. The highest BCUT2D eigenvalue weighted by Crippen LogP contribution is 2.51. The summed E-state index contributed by atoms with van der Waals surface area (Å²) in [6.07, 6.45) is -9.86. The van der Waals surface area contributed by atoms with E-state index in [4.69, 9.17) is 32.7 Å². The van der Waals surface area contributed by atoms with Gasteiger partial charge in [-0.25, -0.2) is 17.2 Å². The minimum atomic E-state index is -4.98. The van der Waals surface area contributed by atoms with Gasteiger partial charge in [0.25, 0.3) is 35.2 Å². The Morgan fingerprint density at radius 3 is 1.48 bits per heavy atom. The van der Waals surface area contributed by atoms with E-state index in [1.54, 1.807) is 110 Å². The number of aromatic nitrogens is 4. The molecule has 1 unspecified atom stereocenters. The monoisotopic (exact) mass is 1920 g/mol. The molecule has 722 valence electrons. The SMILES string of the molecule is CC(C)Oc1ccc(C(=O)N2CCC3(CC2)c2ccc(C(F)(F)F)n2C[C@@H](C)N3C)c(F)c1.CN1CC(C)(C)n2c(C(=O)C(F)(F)F)ccc2C12CCN(C(=O)c1ccc(C(C)(C)O)c(F)c1)CC2.COc1ccc(C(=O)N2CCC3(CC2)c2ccc(C(=O)C(F)(F)F)n2C(C)CN3C)cc1Cl.Cc1cc(C(=O)N2CCC3(CC2)c2ccc(Cl)n2CCN3C)ccc1S(=O)(=O)C(C)C. The van der Waals surface area contributed by atoms with Crippen LogP contribution in [-0.4, -0.2) is 243 Å². The van der Waals surface area contributed by atoms with Crippen LogP contribution in [0.2, 0.25) is 10.2 Å². The number of methoxy groups -OCH3 is 1. The van der Waals surface area contributed by atoms with Crippen LogP contribution in [0.1, 0.15) is 229 Å². The smallest absolute Gasteiger partial charge is 0.456 e. The number of fused-ring (bicyclic) bond motifs is 8. The predicted octanol–water partition coefficient (Wildman–Crippen LogP) is 17.6. The number of likely N-dealkylation sites (N-methyl/N-ethyl adjacent to an activating group) is 4. The molecule has 4 aromatic heterocycles. The number of halogens is 13. The number of hydrogen-bond donors (Lipinski definition) is 1. The molecule has 4 amide bonds. The van der Waals surface area contributed by atoms with Crippen molar-refractivity contribution in [3.63, 3.8) is 0 Å². The van der Waals surface area contributed by atoms with E-state index in [0.29, 0.717) is 159 Å². The Bertz CT molecular complexity index is 5860. The molecule has 12 heterocycles. The topological polar surface area (TPSA) is 221 Å². The second-order valence-electron chi connectivity index (χ2n) is 38.0. The molecule has 0 radical (unpaired) electrons. The molecule has 0 saturated carbocycles. The largest absolute Gasteiger partial charge is 0.495 e. The zero-order valence-corrected chi connectivity index (χ0v) is 79.8. The van der Waals surface area contributed by atoms with Gasteiger partial charge in [0.1, 0.15) is 34.0 Å². The first-order valence-corrected chi connectivity index (χ1v) is 46.8. The number of likely N-dealkylation sites (tertiary alicyclic amines) is 4. The van der Waals surface area contributed by atoms with Gasteiger partial charge in [-0.1, -0.05) is 29.3 Å². The van der Waals surface area contributed by atoms with Crippen LogP contribution >= 0.6 is 23.2 Å². The number of aryl methyl sites for hydroxylation is 1. The number of hydrogen-bond acceptors (Lipinski definition) is 15. The number of carbonyl (C=O) groups excluding carboxylic acids is 6. The van der Waals surface area contributed by atoms with Gasteiger partial charge in [0.05, 0.1) is 78.6 Å². The maximum absolute atomic E-state index is 14.6. The minimum Gasteiger partial charge on any atom is -0.495 e. The molecule has 8 aromatic rings. The van der Waals surface area contributed by atoms with E-state index in [1.807, 2.05) is 59.8 Å². The van der Waals surface area contributed by atoms with E-state index in [9.17, 15) is 90.6 Å². The Kier molecular flexibility index (Phi) is 28.4. The van der Waals surface area contributed by atoms with Gasteiger partial charge in [0.15, 0.2) is 9.84 Å². The average molecular weight is 1920 g/mol. The van der Waals surface area contributed by atoms with Gasteiger partial charge in [-0.2, -0.15) is 39.5 Å². The molecule has 37 heteroatoms. The molecular formula is C96H115Cl2F11N12O11S. The lowest BCUT2D eigenvalue weighted by Crippen LogP contribution is -2.61. The number of piperidine rings is 4. The number of Topliss-reactive ketones (excluding diaryl/α,β-unsaturated/α-hetero) is 2. The van der Waals surface area contributed by atoms with Crippen molar-refractivity contribution in [2.24, 2.45) is 0 Å². The number of ketones is 2. The summed E-state index contributed by atoms with van der Waals surface area (Å²) in [5.74, 6) is -5.16. The fourth-order valence-electron chi connectivity index (χ4n) is 21.2. The Labute approximate surface area is 777 Å². The third kappa shape index (κ3) is 19.1. The summed E-state index contributed by atoms with van der Waals surface area (Å²) in [4.78, 5) is 92.5. The van der Waals surface area contributed by atoms with Gasteiger partial charge in [-0.3, -0.25) is 48.4 Å². The zero-order chi connectivity index (χ0) is 97.7. The van der Waals surface area contributed by atoms with Crippen molar-refractivity contribution < 1.29 is 100 Å². The van der Waals surface area contributed by atoms with Crippen LogP contribution < -0.4 is 9.47 Å². The van der Waals surface area contributed by atoms with Crippen LogP contribution in [0.25, 0.3) is 0 Å². The molecular weight excluding hydrogens is 1810 g/mol. The molecule has 4 spiro atoms. The van der Waals surface area contributed by atoms with Crippen molar-refractivity contribution in [1.29, 1.82) is 0 Å². The third-order valence-electron chi connectivity index (χ3n) is 28.4. The van der Waals surface area contributed by atoms with E-state index < -0.39 is 96.2 Å². The highest BCUT2D eigenvalue weighted by Gasteiger charge is 2.56. The van der Waals surface area contributed by atoms with Crippen LogP contribution in [0.4, 0.5) is 48.3 Å². The fourth-order valence-corrected chi connectivity index (χ4v) is 22.9. The van der Waals surface area contributed by atoms with Crippen LogP contribution in [-0.2, 0) is 62.4 Å².